The van der Waals surface area contributed by atoms with Gasteiger partial charge in [-0.05, 0) is 30.3 Å². The number of Topliss-reactive ketones (excluding diaryl/α,β-unsaturated/α-hetero) is 1. The molecule has 1 aliphatic heterocycles. The van der Waals surface area contributed by atoms with E-state index in [2.05, 4.69) is 0 Å². The van der Waals surface area contributed by atoms with E-state index in [9.17, 15) is 18.8 Å². The van der Waals surface area contributed by atoms with Crippen LogP contribution in [-0.2, 0) is 14.3 Å². The Bertz CT molecular complexity index is 885. The van der Waals surface area contributed by atoms with Gasteiger partial charge in [-0.1, -0.05) is 0 Å². The van der Waals surface area contributed by atoms with Crippen molar-refractivity contribution in [3.05, 3.63) is 53.7 Å². The Hall–Kier alpha value is -2.81. The molecule has 0 spiro atoms. The number of furan rings is 1. The molecule has 0 aliphatic carbocycles. The van der Waals surface area contributed by atoms with Gasteiger partial charge in [-0.25, -0.2) is 9.18 Å². The molecule has 7 nitrogen and oxygen atoms in total. The summed E-state index contributed by atoms with van der Waals surface area (Å²) in [6, 6.07) is 6.32. The van der Waals surface area contributed by atoms with Gasteiger partial charge in [0.2, 0.25) is 5.91 Å². The predicted molar refractivity (Wildman–Crippen MR) is 98.5 cm³/mol. The second-order valence-electron chi connectivity index (χ2n) is 6.02. The highest BCUT2D eigenvalue weighted by Crippen LogP contribution is 2.41. The first-order chi connectivity index (χ1) is 13.4. The van der Waals surface area contributed by atoms with Crippen molar-refractivity contribution >= 4 is 29.4 Å². The van der Waals surface area contributed by atoms with E-state index < -0.39 is 35.6 Å². The molecule has 2 aromatic rings. The van der Waals surface area contributed by atoms with Crippen LogP contribution in [0, 0.1) is 5.82 Å². The lowest BCUT2D eigenvalue weighted by molar-refractivity contribution is -0.152. The molecule has 0 bridgehead atoms. The summed E-state index contributed by atoms with van der Waals surface area (Å²) in [4.78, 5) is 38.1. The number of halogens is 1. The lowest BCUT2D eigenvalue weighted by Crippen LogP contribution is -2.43. The maximum atomic E-state index is 13.7. The van der Waals surface area contributed by atoms with Crippen molar-refractivity contribution in [3.8, 4) is 5.75 Å². The fraction of sp³-hybridized carbons (Fsp3) is 0.316. The number of ether oxygens (including phenoxy) is 2. The minimum atomic E-state index is -0.835. The van der Waals surface area contributed by atoms with Crippen LogP contribution in [0.2, 0.25) is 0 Å². The number of rotatable bonds is 6. The highest BCUT2D eigenvalue weighted by Gasteiger charge is 2.43. The summed E-state index contributed by atoms with van der Waals surface area (Å²) in [5.41, 5.74) is 0.0591. The van der Waals surface area contributed by atoms with E-state index in [1.807, 2.05) is 0 Å². The molecule has 1 fully saturated rings. The van der Waals surface area contributed by atoms with Gasteiger partial charge in [-0.3, -0.25) is 9.59 Å². The van der Waals surface area contributed by atoms with Crippen LogP contribution in [0.5, 0.6) is 5.75 Å². The fourth-order valence-corrected chi connectivity index (χ4v) is 4.30. The van der Waals surface area contributed by atoms with Gasteiger partial charge in [0.15, 0.2) is 24.0 Å². The molecule has 9 heteroatoms. The van der Waals surface area contributed by atoms with Crippen LogP contribution in [0.1, 0.15) is 28.4 Å². The van der Waals surface area contributed by atoms with Gasteiger partial charge in [-0.15, -0.1) is 11.8 Å². The number of esters is 1. The monoisotopic (exact) mass is 407 g/mol. The molecule has 0 radical (unpaired) electrons. The van der Waals surface area contributed by atoms with Gasteiger partial charge >= 0.3 is 5.97 Å². The molecule has 2 heterocycles. The quantitative estimate of drug-likeness (QED) is 0.538. The summed E-state index contributed by atoms with van der Waals surface area (Å²) in [6.45, 7) is 0.802. The molecule has 3 rings (SSSR count). The molecule has 1 aromatic heterocycles. The zero-order valence-electron chi connectivity index (χ0n) is 15.2. The molecule has 1 aromatic carbocycles. The van der Waals surface area contributed by atoms with Crippen LogP contribution in [0.25, 0.3) is 0 Å². The normalized spacial score (nSPS) is 18.8. The third-order valence-electron chi connectivity index (χ3n) is 4.24. The van der Waals surface area contributed by atoms with E-state index in [1.54, 1.807) is 12.1 Å². The maximum Gasteiger partial charge on any atom is 0.330 e. The van der Waals surface area contributed by atoms with Crippen LogP contribution in [0.3, 0.4) is 0 Å². The Kier molecular flexibility index (Phi) is 6.03. The summed E-state index contributed by atoms with van der Waals surface area (Å²) in [5.74, 6) is -1.36. The van der Waals surface area contributed by atoms with E-state index in [0.717, 1.165) is 6.07 Å². The molecular weight excluding hydrogens is 389 g/mol. The topological polar surface area (TPSA) is 86.1 Å². The van der Waals surface area contributed by atoms with Crippen molar-refractivity contribution < 1.29 is 32.7 Å². The second kappa shape index (κ2) is 8.47. The predicted octanol–water partition coefficient (Wildman–Crippen LogP) is 2.82. The Balaban J connectivity index is 1.65. The Morgan fingerprint density at radius 3 is 2.71 bits per heavy atom. The van der Waals surface area contributed by atoms with Crippen LogP contribution >= 0.6 is 11.8 Å². The third-order valence-corrected chi connectivity index (χ3v) is 5.53. The maximum absolute atomic E-state index is 13.7. The highest BCUT2D eigenvalue weighted by molar-refractivity contribution is 7.99. The summed E-state index contributed by atoms with van der Waals surface area (Å²) >= 11 is 1.37. The van der Waals surface area contributed by atoms with Crippen molar-refractivity contribution in [3.63, 3.8) is 0 Å². The molecule has 0 saturated carbocycles. The van der Waals surface area contributed by atoms with Gasteiger partial charge < -0.3 is 18.8 Å². The van der Waals surface area contributed by atoms with Crippen molar-refractivity contribution in [2.45, 2.75) is 18.3 Å². The summed E-state index contributed by atoms with van der Waals surface area (Å²) in [5, 5.41) is -0.434. The van der Waals surface area contributed by atoms with E-state index in [0.29, 0.717) is 11.5 Å². The van der Waals surface area contributed by atoms with E-state index in [1.165, 1.54) is 49.1 Å². The van der Waals surface area contributed by atoms with Crippen molar-refractivity contribution in [2.24, 2.45) is 0 Å². The standard InChI is InChI=1S/C19H18FNO6S/c1-11(22)21-14(10-28-18(21)17-4-3-7-26-17)19(24)27-9-15(23)12-5-6-16(25-2)13(20)8-12/h3-8,14,18H,9-10H2,1-2H3/t14-,18+/m1/s1. The Morgan fingerprint density at radius 1 is 1.32 bits per heavy atom. The average molecular weight is 407 g/mol. The van der Waals surface area contributed by atoms with Crippen molar-refractivity contribution in [2.75, 3.05) is 19.5 Å². The first kappa shape index (κ1) is 19.9. The number of thioether (sulfide) groups is 1. The minimum Gasteiger partial charge on any atom is -0.494 e. The second-order valence-corrected chi connectivity index (χ2v) is 7.14. The lowest BCUT2D eigenvalue weighted by atomic mass is 10.1. The number of methoxy groups -OCH3 is 1. The molecule has 0 unspecified atom stereocenters. The Labute approximate surface area is 164 Å². The lowest BCUT2D eigenvalue weighted by Gasteiger charge is -2.25. The molecular formula is C19H18FNO6S. The number of carbonyl (C=O) groups excluding carboxylic acids is 3. The number of amides is 1. The zero-order valence-corrected chi connectivity index (χ0v) is 16.0. The highest BCUT2D eigenvalue weighted by atomic mass is 32.2. The SMILES string of the molecule is COc1ccc(C(=O)COC(=O)[C@H]2CS[C@@H](c3ccco3)N2C(C)=O)cc1F. The summed E-state index contributed by atoms with van der Waals surface area (Å²) in [7, 11) is 1.32. The number of benzene rings is 1. The molecule has 148 valence electrons. The average Bonchev–Trinajstić information content (AvgIpc) is 3.34. The number of hydrogen-bond acceptors (Lipinski definition) is 7. The van der Waals surface area contributed by atoms with Crippen LogP contribution < -0.4 is 4.74 Å². The number of ketones is 1. The number of nitrogens with zero attached hydrogens (tertiary/aromatic N) is 1. The van der Waals surface area contributed by atoms with E-state index >= 15 is 0 Å². The van der Waals surface area contributed by atoms with Gasteiger partial charge in [0, 0.05) is 18.2 Å². The molecule has 2 atom stereocenters. The molecule has 1 saturated heterocycles. The molecule has 28 heavy (non-hydrogen) atoms. The van der Waals surface area contributed by atoms with Crippen LogP contribution in [0.15, 0.2) is 41.0 Å². The van der Waals surface area contributed by atoms with Gasteiger partial charge in [0.1, 0.15) is 17.2 Å². The molecule has 1 amide bonds. The van der Waals surface area contributed by atoms with Crippen molar-refractivity contribution in [1.82, 2.24) is 4.90 Å². The largest absolute Gasteiger partial charge is 0.494 e. The van der Waals surface area contributed by atoms with Gasteiger partial charge in [0.25, 0.3) is 0 Å². The van der Waals surface area contributed by atoms with E-state index in [-0.39, 0.29) is 17.2 Å². The molecule has 1 aliphatic rings. The number of carbonyl (C=O) groups is 3. The third kappa shape index (κ3) is 4.04. The first-order valence-electron chi connectivity index (χ1n) is 8.39. The van der Waals surface area contributed by atoms with Gasteiger partial charge in [-0.2, -0.15) is 0 Å². The number of hydrogen-bond donors (Lipinski definition) is 0. The fourth-order valence-electron chi connectivity index (χ4n) is 2.88. The van der Waals surface area contributed by atoms with Gasteiger partial charge in [0.05, 0.1) is 13.4 Å². The first-order valence-corrected chi connectivity index (χ1v) is 9.44. The van der Waals surface area contributed by atoms with Crippen LogP contribution in [0.4, 0.5) is 4.39 Å². The summed E-state index contributed by atoms with van der Waals surface area (Å²) < 4.78 is 29.0. The van der Waals surface area contributed by atoms with Crippen molar-refractivity contribution in [1.29, 1.82) is 0 Å². The minimum absolute atomic E-state index is 0.0117. The van der Waals surface area contributed by atoms with Crippen LogP contribution in [-0.4, -0.2) is 48.1 Å². The van der Waals surface area contributed by atoms with E-state index in [4.69, 9.17) is 13.9 Å². The smallest absolute Gasteiger partial charge is 0.330 e. The molecule has 0 N–H and O–H groups in total. The summed E-state index contributed by atoms with van der Waals surface area (Å²) in [6.07, 6.45) is 1.49. The zero-order chi connectivity index (χ0) is 20.3. The Morgan fingerprint density at radius 2 is 2.11 bits per heavy atom.